The number of nitrogens with one attached hydrogen (secondary N) is 2. The van der Waals surface area contributed by atoms with Gasteiger partial charge in [0.1, 0.15) is 11.5 Å². The fraction of sp³-hybridized carbons (Fsp3) is 0.0909. The van der Waals surface area contributed by atoms with Gasteiger partial charge in [0.15, 0.2) is 5.11 Å². The lowest BCUT2D eigenvalue weighted by Gasteiger charge is -2.15. The van der Waals surface area contributed by atoms with Crippen LogP contribution in [-0.2, 0) is 17.1 Å². The van der Waals surface area contributed by atoms with E-state index in [0.717, 1.165) is 11.6 Å². The third-order valence-corrected chi connectivity index (χ3v) is 4.37. The number of hydrogen-bond donors (Lipinski definition) is 2. The summed E-state index contributed by atoms with van der Waals surface area (Å²) in [7, 11) is 0. The second-order valence-corrected chi connectivity index (χ2v) is 7.05. The second-order valence-electron chi connectivity index (χ2n) is 6.64. The summed E-state index contributed by atoms with van der Waals surface area (Å²) in [6.07, 6.45) is -7.63. The molecule has 2 aromatic carbocycles. The van der Waals surface area contributed by atoms with Crippen molar-refractivity contribution in [2.45, 2.75) is 12.4 Å². The third-order valence-electron chi connectivity index (χ3n) is 4.17. The largest absolute Gasteiger partial charge is 0.457 e. The molecule has 2 N–H and O–H groups in total. The molecule has 0 radical (unpaired) electrons. The second kappa shape index (κ2) is 9.49. The first-order chi connectivity index (χ1) is 15.4. The Morgan fingerprint density at radius 2 is 1.48 bits per heavy atom. The summed E-state index contributed by atoms with van der Waals surface area (Å²) in [4.78, 5) is 12.0. The summed E-state index contributed by atoms with van der Waals surface area (Å²) < 4.78 is 83.2. The average molecular weight is 484 g/mol. The van der Waals surface area contributed by atoms with Crippen LogP contribution < -0.4 is 10.6 Å². The highest BCUT2D eigenvalue weighted by atomic mass is 32.1. The molecule has 0 aliphatic rings. The SMILES string of the molecule is O=C(/C=C/c1ccc(-c2ccccc2)o1)NC(=S)Nc1cc(C(F)(F)F)cc(C(F)(F)F)c1. The van der Waals surface area contributed by atoms with E-state index in [1.54, 1.807) is 12.1 Å². The highest BCUT2D eigenvalue weighted by molar-refractivity contribution is 7.80. The summed E-state index contributed by atoms with van der Waals surface area (Å²) in [6, 6.07) is 13.4. The van der Waals surface area contributed by atoms with Crippen LogP contribution in [0.2, 0.25) is 0 Å². The monoisotopic (exact) mass is 484 g/mol. The van der Waals surface area contributed by atoms with Gasteiger partial charge >= 0.3 is 12.4 Å². The quantitative estimate of drug-likeness (QED) is 0.252. The molecule has 0 atom stereocenters. The molecule has 3 aromatic rings. The van der Waals surface area contributed by atoms with Gasteiger partial charge in [-0.05, 0) is 48.6 Å². The maximum absolute atomic E-state index is 12.9. The fourth-order valence-corrected chi connectivity index (χ4v) is 2.92. The van der Waals surface area contributed by atoms with E-state index < -0.39 is 40.2 Å². The molecular formula is C22H14F6N2O2S. The Labute approximate surface area is 188 Å². The zero-order chi connectivity index (χ0) is 24.2. The number of carbonyl (C=O) groups excluding carboxylic acids is 1. The molecule has 0 spiro atoms. The van der Waals surface area contributed by atoms with E-state index >= 15 is 0 Å². The van der Waals surface area contributed by atoms with Crippen molar-refractivity contribution in [3.05, 3.63) is 83.6 Å². The number of amides is 1. The van der Waals surface area contributed by atoms with Gasteiger partial charge in [-0.15, -0.1) is 0 Å². The Bertz CT molecular complexity index is 1150. The van der Waals surface area contributed by atoms with Crippen LogP contribution in [-0.4, -0.2) is 11.0 Å². The van der Waals surface area contributed by atoms with Gasteiger partial charge in [0.25, 0.3) is 0 Å². The molecule has 1 aromatic heterocycles. The first kappa shape index (κ1) is 24.1. The van der Waals surface area contributed by atoms with Gasteiger partial charge in [-0.1, -0.05) is 30.3 Å². The predicted octanol–water partition coefficient (Wildman–Crippen LogP) is 6.51. The first-order valence-corrected chi connectivity index (χ1v) is 9.57. The molecule has 11 heteroatoms. The van der Waals surface area contributed by atoms with E-state index in [-0.39, 0.29) is 6.07 Å². The number of thiocarbonyl (C=S) groups is 1. The molecular weight excluding hydrogens is 470 g/mol. The molecule has 0 fully saturated rings. The molecule has 0 unspecified atom stereocenters. The molecule has 1 heterocycles. The normalized spacial score (nSPS) is 12.1. The van der Waals surface area contributed by atoms with E-state index in [4.69, 9.17) is 16.6 Å². The molecule has 3 rings (SSSR count). The number of furan rings is 1. The van der Waals surface area contributed by atoms with Gasteiger partial charge in [-0.3, -0.25) is 10.1 Å². The Hall–Kier alpha value is -3.60. The van der Waals surface area contributed by atoms with Crippen LogP contribution >= 0.6 is 12.2 Å². The van der Waals surface area contributed by atoms with Crippen LogP contribution in [0.4, 0.5) is 32.0 Å². The van der Waals surface area contributed by atoms with E-state index in [1.807, 2.05) is 30.3 Å². The Balaban J connectivity index is 1.66. The Morgan fingerprint density at radius 1 is 0.879 bits per heavy atom. The minimum absolute atomic E-state index is 0.0113. The summed E-state index contributed by atoms with van der Waals surface area (Å²) >= 11 is 4.82. The zero-order valence-corrected chi connectivity index (χ0v) is 17.2. The van der Waals surface area contributed by atoms with Crippen molar-refractivity contribution >= 4 is 35.0 Å². The number of rotatable bonds is 4. The highest BCUT2D eigenvalue weighted by Crippen LogP contribution is 2.37. The fourth-order valence-electron chi connectivity index (χ4n) is 2.70. The number of carbonyl (C=O) groups is 1. The van der Waals surface area contributed by atoms with E-state index in [2.05, 4.69) is 10.6 Å². The van der Waals surface area contributed by atoms with Crippen molar-refractivity contribution in [1.29, 1.82) is 0 Å². The lowest BCUT2D eigenvalue weighted by Crippen LogP contribution is -2.33. The van der Waals surface area contributed by atoms with Crippen molar-refractivity contribution < 1.29 is 35.6 Å². The molecule has 0 aliphatic carbocycles. The summed E-state index contributed by atoms with van der Waals surface area (Å²) in [5.41, 5.74) is -2.78. The summed E-state index contributed by atoms with van der Waals surface area (Å²) in [6.45, 7) is 0. The lowest BCUT2D eigenvalue weighted by atomic mass is 10.1. The van der Waals surface area contributed by atoms with E-state index in [0.29, 0.717) is 23.7 Å². The van der Waals surface area contributed by atoms with Crippen molar-refractivity contribution in [3.63, 3.8) is 0 Å². The number of halogens is 6. The highest BCUT2D eigenvalue weighted by Gasteiger charge is 2.37. The van der Waals surface area contributed by atoms with Crippen molar-refractivity contribution in [3.8, 4) is 11.3 Å². The lowest BCUT2D eigenvalue weighted by molar-refractivity contribution is -0.143. The molecule has 33 heavy (non-hydrogen) atoms. The molecule has 0 aliphatic heterocycles. The summed E-state index contributed by atoms with van der Waals surface area (Å²) in [5, 5.41) is 3.82. The van der Waals surface area contributed by atoms with E-state index in [9.17, 15) is 31.1 Å². The van der Waals surface area contributed by atoms with Gasteiger partial charge in [-0.25, -0.2) is 0 Å². The van der Waals surface area contributed by atoms with Crippen LogP contribution in [0.25, 0.3) is 17.4 Å². The molecule has 172 valence electrons. The van der Waals surface area contributed by atoms with Gasteiger partial charge in [0.2, 0.25) is 5.91 Å². The van der Waals surface area contributed by atoms with Crippen molar-refractivity contribution in [2.24, 2.45) is 0 Å². The molecule has 1 amide bonds. The van der Waals surface area contributed by atoms with Gasteiger partial charge in [0, 0.05) is 17.3 Å². The van der Waals surface area contributed by atoms with E-state index in [1.165, 1.54) is 6.08 Å². The minimum Gasteiger partial charge on any atom is -0.457 e. The third kappa shape index (κ3) is 6.69. The number of benzene rings is 2. The van der Waals surface area contributed by atoms with Gasteiger partial charge in [0.05, 0.1) is 11.1 Å². The standard InChI is InChI=1S/C22H14F6N2O2S/c23-21(24,25)14-10-15(22(26,27)28)12-16(11-14)29-20(33)30-19(31)9-7-17-6-8-18(32-17)13-4-2-1-3-5-13/h1-12H,(H2,29,30,31,33)/b9-7+. The van der Waals surface area contributed by atoms with Crippen LogP contribution in [0.5, 0.6) is 0 Å². The van der Waals surface area contributed by atoms with Crippen LogP contribution in [0, 0.1) is 0 Å². The Kier molecular flexibility index (Phi) is 6.92. The Morgan fingerprint density at radius 3 is 2.06 bits per heavy atom. The molecule has 0 bridgehead atoms. The first-order valence-electron chi connectivity index (χ1n) is 9.16. The topological polar surface area (TPSA) is 54.3 Å². The number of anilines is 1. The molecule has 0 saturated carbocycles. The maximum atomic E-state index is 12.9. The summed E-state index contributed by atoms with van der Waals surface area (Å²) in [5.74, 6) is 0.140. The van der Waals surface area contributed by atoms with Gasteiger partial charge in [-0.2, -0.15) is 26.3 Å². The van der Waals surface area contributed by atoms with Crippen LogP contribution in [0.15, 0.2) is 71.2 Å². The zero-order valence-electron chi connectivity index (χ0n) is 16.4. The van der Waals surface area contributed by atoms with Crippen molar-refractivity contribution in [2.75, 3.05) is 5.32 Å². The maximum Gasteiger partial charge on any atom is 0.416 e. The minimum atomic E-state index is -5.01. The predicted molar refractivity (Wildman–Crippen MR) is 114 cm³/mol. The number of alkyl halides is 6. The van der Waals surface area contributed by atoms with Gasteiger partial charge < -0.3 is 9.73 Å². The van der Waals surface area contributed by atoms with Crippen LogP contribution in [0.1, 0.15) is 16.9 Å². The molecule has 4 nitrogen and oxygen atoms in total. The van der Waals surface area contributed by atoms with Crippen LogP contribution in [0.3, 0.4) is 0 Å². The number of hydrogen-bond acceptors (Lipinski definition) is 3. The molecule has 0 saturated heterocycles. The smallest absolute Gasteiger partial charge is 0.416 e. The average Bonchev–Trinajstić information content (AvgIpc) is 3.20. The van der Waals surface area contributed by atoms with Crippen molar-refractivity contribution in [1.82, 2.24) is 5.32 Å².